The van der Waals surface area contributed by atoms with E-state index in [4.69, 9.17) is 4.74 Å². The summed E-state index contributed by atoms with van der Waals surface area (Å²) >= 11 is 0. The number of fused-ring (bicyclic) bond motifs is 2. The van der Waals surface area contributed by atoms with Gasteiger partial charge in [0.2, 0.25) is 5.88 Å². The minimum Gasteiger partial charge on any atom is -0.480 e. The Labute approximate surface area is 150 Å². The Bertz CT molecular complexity index is 1010. The molecule has 0 unspecified atom stereocenters. The summed E-state index contributed by atoms with van der Waals surface area (Å²) in [5, 5.41) is 3.28. The highest BCUT2D eigenvalue weighted by Gasteiger charge is 2.24. The molecule has 0 spiro atoms. The third kappa shape index (κ3) is 2.79. The number of hydrogen-bond acceptors (Lipinski definition) is 5. The number of imidazole rings is 1. The number of rotatable bonds is 4. The topological polar surface area (TPSA) is 64.3 Å². The fourth-order valence-electron chi connectivity index (χ4n) is 3.21. The van der Waals surface area contributed by atoms with Gasteiger partial charge in [0.25, 0.3) is 0 Å². The number of aromatic nitrogens is 4. The van der Waals surface area contributed by atoms with E-state index in [2.05, 4.69) is 34.1 Å². The first kappa shape index (κ1) is 16.5. The Hall–Kier alpha value is -2.96. The molecular weight excluding hydrogens is 333 g/mol. The fraction of sp³-hybridized carbons (Fsp3) is 0.316. The van der Waals surface area contributed by atoms with E-state index in [-0.39, 0.29) is 5.82 Å². The molecular formula is C19H20FN5O. The highest BCUT2D eigenvalue weighted by atomic mass is 19.1. The zero-order valence-electron chi connectivity index (χ0n) is 15.0. The molecule has 0 amide bonds. The predicted molar refractivity (Wildman–Crippen MR) is 97.8 cm³/mol. The third-order valence-corrected chi connectivity index (χ3v) is 4.31. The summed E-state index contributed by atoms with van der Waals surface area (Å²) in [6.45, 7) is 4.85. The van der Waals surface area contributed by atoms with Crippen molar-refractivity contribution in [2.45, 2.75) is 20.3 Å². The van der Waals surface area contributed by atoms with Crippen LogP contribution in [-0.4, -0.2) is 33.0 Å². The van der Waals surface area contributed by atoms with Crippen LogP contribution >= 0.6 is 0 Å². The van der Waals surface area contributed by atoms with Crippen molar-refractivity contribution in [3.8, 4) is 5.88 Å². The molecule has 0 fully saturated rings. The number of nitrogens with zero attached hydrogens (tertiary/aromatic N) is 4. The minimum absolute atomic E-state index is 0.305. The lowest BCUT2D eigenvalue weighted by atomic mass is 9.97. The summed E-state index contributed by atoms with van der Waals surface area (Å²) in [6.07, 6.45) is 7.92. The van der Waals surface area contributed by atoms with E-state index in [1.54, 1.807) is 23.9 Å². The maximum absolute atomic E-state index is 14.4. The molecule has 0 radical (unpaired) electrons. The number of nitrogens with one attached hydrogen (secondary N) is 1. The van der Waals surface area contributed by atoms with Crippen LogP contribution < -0.4 is 10.1 Å². The Morgan fingerprint density at radius 2 is 2.19 bits per heavy atom. The molecule has 6 nitrogen and oxygen atoms in total. The van der Waals surface area contributed by atoms with Crippen molar-refractivity contribution in [2.24, 2.45) is 5.92 Å². The summed E-state index contributed by atoms with van der Waals surface area (Å²) < 4.78 is 21.6. The summed E-state index contributed by atoms with van der Waals surface area (Å²) in [4.78, 5) is 13.3. The second kappa shape index (κ2) is 6.40. The summed E-state index contributed by atoms with van der Waals surface area (Å²) in [7, 11) is 1.59. The Morgan fingerprint density at radius 3 is 2.96 bits per heavy atom. The van der Waals surface area contributed by atoms with Crippen LogP contribution in [0.1, 0.15) is 30.8 Å². The zero-order valence-corrected chi connectivity index (χ0v) is 15.0. The van der Waals surface area contributed by atoms with Crippen LogP contribution in [0.4, 0.5) is 10.2 Å². The monoisotopic (exact) mass is 353 g/mol. The molecule has 0 bridgehead atoms. The van der Waals surface area contributed by atoms with Crippen LogP contribution in [0, 0.1) is 11.7 Å². The van der Waals surface area contributed by atoms with Gasteiger partial charge in [-0.05, 0) is 17.6 Å². The van der Waals surface area contributed by atoms with E-state index < -0.39 is 0 Å². The highest BCUT2D eigenvalue weighted by Crippen LogP contribution is 2.37. The molecule has 4 rings (SSSR count). The van der Waals surface area contributed by atoms with E-state index in [0.29, 0.717) is 24.0 Å². The number of halogens is 1. The van der Waals surface area contributed by atoms with Gasteiger partial charge in [-0.2, -0.15) is 4.98 Å². The van der Waals surface area contributed by atoms with Gasteiger partial charge < -0.3 is 14.5 Å². The SMILES string of the molecule is COc1nc(CC(C)C)nc2c1C(c1cc(F)c3nccn3c1)=CCN2. The van der Waals surface area contributed by atoms with Crippen molar-refractivity contribution in [1.29, 1.82) is 0 Å². The first-order chi connectivity index (χ1) is 12.6. The molecule has 7 heteroatoms. The van der Waals surface area contributed by atoms with Gasteiger partial charge in [0.05, 0.1) is 12.7 Å². The first-order valence-electron chi connectivity index (χ1n) is 8.58. The molecule has 134 valence electrons. The molecule has 1 N–H and O–H groups in total. The van der Waals surface area contributed by atoms with Crippen LogP contribution in [0.25, 0.3) is 11.2 Å². The molecule has 1 aliphatic heterocycles. The molecule has 0 aromatic carbocycles. The second-order valence-electron chi connectivity index (χ2n) is 6.70. The van der Waals surface area contributed by atoms with Gasteiger partial charge in [-0.1, -0.05) is 19.9 Å². The average Bonchev–Trinajstić information content (AvgIpc) is 3.09. The van der Waals surface area contributed by atoms with Crippen molar-refractivity contribution >= 4 is 17.0 Å². The highest BCUT2D eigenvalue weighted by molar-refractivity contribution is 5.89. The number of anilines is 1. The van der Waals surface area contributed by atoms with Crippen molar-refractivity contribution in [2.75, 3.05) is 19.0 Å². The normalized spacial score (nSPS) is 13.5. The maximum atomic E-state index is 14.4. The number of pyridine rings is 1. The molecule has 1 aliphatic rings. The standard InChI is InChI=1S/C19H20FN5O/c1-11(2)8-15-23-17-16(19(24-15)26-3)13(4-5-21-17)12-9-14(20)18-22-6-7-25(18)10-12/h4,6-7,9-11H,5,8H2,1-3H3,(H,21,23,24). The second-order valence-corrected chi connectivity index (χ2v) is 6.70. The molecule has 0 atom stereocenters. The van der Waals surface area contributed by atoms with E-state index in [1.807, 2.05) is 12.3 Å². The largest absolute Gasteiger partial charge is 0.480 e. The molecule has 4 heterocycles. The van der Waals surface area contributed by atoms with Crippen molar-refractivity contribution in [1.82, 2.24) is 19.4 Å². The Kier molecular flexibility index (Phi) is 4.06. The number of hydrogen-bond donors (Lipinski definition) is 1. The van der Waals surface area contributed by atoms with Crippen LogP contribution in [0.3, 0.4) is 0 Å². The Morgan fingerprint density at radius 1 is 1.35 bits per heavy atom. The quantitative estimate of drug-likeness (QED) is 0.779. The van der Waals surface area contributed by atoms with E-state index in [0.717, 1.165) is 34.8 Å². The van der Waals surface area contributed by atoms with E-state index >= 15 is 0 Å². The van der Waals surface area contributed by atoms with Gasteiger partial charge in [-0.25, -0.2) is 14.4 Å². The number of ether oxygens (including phenoxy) is 1. The molecule has 3 aromatic heterocycles. The fourth-order valence-corrected chi connectivity index (χ4v) is 3.21. The van der Waals surface area contributed by atoms with Gasteiger partial charge in [-0.3, -0.25) is 0 Å². The lowest BCUT2D eigenvalue weighted by Gasteiger charge is -2.22. The van der Waals surface area contributed by atoms with Crippen LogP contribution in [0.15, 0.2) is 30.7 Å². The van der Waals surface area contributed by atoms with E-state index in [1.165, 1.54) is 6.07 Å². The number of methoxy groups -OCH3 is 1. The first-order valence-corrected chi connectivity index (χ1v) is 8.58. The van der Waals surface area contributed by atoms with E-state index in [9.17, 15) is 4.39 Å². The van der Waals surface area contributed by atoms with Crippen LogP contribution in [0.5, 0.6) is 5.88 Å². The summed E-state index contributed by atoms with van der Waals surface area (Å²) in [6, 6.07) is 1.49. The zero-order chi connectivity index (χ0) is 18.3. The lowest BCUT2D eigenvalue weighted by Crippen LogP contribution is -2.15. The van der Waals surface area contributed by atoms with Gasteiger partial charge in [0, 0.05) is 37.1 Å². The Balaban J connectivity index is 1.86. The average molecular weight is 353 g/mol. The van der Waals surface area contributed by atoms with Crippen molar-refractivity contribution in [3.63, 3.8) is 0 Å². The summed E-state index contributed by atoms with van der Waals surface area (Å²) in [5.41, 5.74) is 2.64. The molecule has 0 aliphatic carbocycles. The van der Waals surface area contributed by atoms with Gasteiger partial charge in [0.1, 0.15) is 11.6 Å². The van der Waals surface area contributed by atoms with Gasteiger partial charge in [0.15, 0.2) is 11.5 Å². The summed E-state index contributed by atoms with van der Waals surface area (Å²) in [5.74, 6) is 2.02. The molecule has 26 heavy (non-hydrogen) atoms. The van der Waals surface area contributed by atoms with Gasteiger partial charge >= 0.3 is 0 Å². The van der Waals surface area contributed by atoms with Gasteiger partial charge in [-0.15, -0.1) is 0 Å². The van der Waals surface area contributed by atoms with Crippen molar-refractivity contribution in [3.05, 3.63) is 53.5 Å². The lowest BCUT2D eigenvalue weighted by molar-refractivity contribution is 0.392. The molecule has 0 saturated carbocycles. The van der Waals surface area contributed by atoms with Crippen LogP contribution in [0.2, 0.25) is 0 Å². The van der Waals surface area contributed by atoms with Crippen LogP contribution in [-0.2, 0) is 6.42 Å². The minimum atomic E-state index is -0.371. The maximum Gasteiger partial charge on any atom is 0.226 e. The van der Waals surface area contributed by atoms with Crippen molar-refractivity contribution < 1.29 is 9.13 Å². The third-order valence-electron chi connectivity index (χ3n) is 4.31. The molecule has 0 saturated heterocycles. The molecule has 3 aromatic rings. The predicted octanol–water partition coefficient (Wildman–Crippen LogP) is 3.33. The smallest absolute Gasteiger partial charge is 0.226 e.